The van der Waals surface area contributed by atoms with Crippen LogP contribution in [-0.2, 0) is 5.75 Å². The van der Waals surface area contributed by atoms with E-state index in [2.05, 4.69) is 15.4 Å². The summed E-state index contributed by atoms with van der Waals surface area (Å²) in [6.07, 6.45) is 0. The molecule has 0 fully saturated rings. The summed E-state index contributed by atoms with van der Waals surface area (Å²) in [5, 5.41) is 12.6. The first-order chi connectivity index (χ1) is 11.6. The van der Waals surface area contributed by atoms with E-state index in [9.17, 15) is 0 Å². The summed E-state index contributed by atoms with van der Waals surface area (Å²) in [7, 11) is 3.17. The lowest BCUT2D eigenvalue weighted by Crippen LogP contribution is -1.90. The topological polar surface area (TPSA) is 83.4 Å². The van der Waals surface area contributed by atoms with Crippen LogP contribution in [-0.4, -0.2) is 29.6 Å². The molecule has 0 aliphatic carbocycles. The van der Waals surface area contributed by atoms with Gasteiger partial charge in [0.05, 0.1) is 19.9 Å². The first kappa shape index (κ1) is 16.4. The van der Waals surface area contributed by atoms with Crippen LogP contribution in [0.3, 0.4) is 0 Å². The molecule has 0 unspecified atom stereocenters. The monoisotopic (exact) mass is 347 g/mol. The second kappa shape index (κ2) is 6.96. The first-order valence-corrected chi connectivity index (χ1v) is 8.21. The normalized spacial score (nSPS) is 10.8. The van der Waals surface area contributed by atoms with Crippen LogP contribution < -0.4 is 9.47 Å². The van der Waals surface area contributed by atoms with E-state index in [1.54, 1.807) is 26.4 Å². The Morgan fingerprint density at radius 3 is 2.54 bits per heavy atom. The minimum absolute atomic E-state index is 0.428. The van der Waals surface area contributed by atoms with E-state index in [0.717, 1.165) is 22.6 Å². The highest BCUT2D eigenvalue weighted by Gasteiger charge is 2.15. The van der Waals surface area contributed by atoms with Gasteiger partial charge in [0.25, 0.3) is 5.22 Å². The number of rotatable bonds is 6. The van der Waals surface area contributed by atoms with Crippen LogP contribution in [0.2, 0.25) is 0 Å². The number of aromatic nitrogens is 3. The Morgan fingerprint density at radius 2 is 1.88 bits per heavy atom. The van der Waals surface area contributed by atoms with Gasteiger partial charge < -0.3 is 18.4 Å². The van der Waals surface area contributed by atoms with Gasteiger partial charge in [-0.3, -0.25) is 0 Å². The predicted octanol–water partition coefficient (Wildman–Crippen LogP) is 3.65. The van der Waals surface area contributed by atoms with Gasteiger partial charge in [-0.15, -0.1) is 10.2 Å². The Morgan fingerprint density at radius 1 is 1.08 bits per heavy atom. The average molecular weight is 347 g/mol. The van der Waals surface area contributed by atoms with E-state index in [0.29, 0.717) is 28.4 Å². The Hall–Kier alpha value is -2.48. The predicted molar refractivity (Wildman–Crippen MR) is 88.4 cm³/mol. The van der Waals surface area contributed by atoms with E-state index in [-0.39, 0.29) is 0 Å². The molecule has 0 aliphatic rings. The van der Waals surface area contributed by atoms with Gasteiger partial charge in [-0.1, -0.05) is 16.9 Å². The average Bonchev–Trinajstić information content (AvgIpc) is 3.19. The molecule has 0 amide bonds. The lowest BCUT2D eigenvalue weighted by molar-refractivity contribution is 0.355. The minimum Gasteiger partial charge on any atom is -0.493 e. The van der Waals surface area contributed by atoms with Crippen molar-refractivity contribution >= 4 is 11.8 Å². The van der Waals surface area contributed by atoms with Gasteiger partial charge in [-0.25, -0.2) is 0 Å². The fourth-order valence-corrected chi connectivity index (χ4v) is 3.11. The summed E-state index contributed by atoms with van der Waals surface area (Å²) in [6.45, 7) is 3.80. The maximum absolute atomic E-state index is 5.71. The molecule has 0 spiro atoms. The fourth-order valence-electron chi connectivity index (χ4n) is 2.20. The van der Waals surface area contributed by atoms with Crippen molar-refractivity contribution in [1.29, 1.82) is 0 Å². The molecule has 0 N–H and O–H groups in total. The molecule has 3 rings (SSSR count). The largest absolute Gasteiger partial charge is 0.493 e. The SMILES string of the molecule is COc1ccc(-c2nnc(SCc3c(C)noc3C)o2)cc1OC. The van der Waals surface area contributed by atoms with Gasteiger partial charge in [0.15, 0.2) is 11.5 Å². The maximum atomic E-state index is 5.71. The van der Waals surface area contributed by atoms with Gasteiger partial charge >= 0.3 is 0 Å². The molecule has 7 nitrogen and oxygen atoms in total. The second-order valence-electron chi connectivity index (χ2n) is 5.03. The number of ether oxygens (including phenoxy) is 2. The van der Waals surface area contributed by atoms with E-state index in [1.807, 2.05) is 19.9 Å². The van der Waals surface area contributed by atoms with E-state index in [1.165, 1.54) is 11.8 Å². The van der Waals surface area contributed by atoms with Gasteiger partial charge in [-0.05, 0) is 32.0 Å². The molecule has 0 bridgehead atoms. The molecule has 0 radical (unpaired) electrons. The summed E-state index contributed by atoms with van der Waals surface area (Å²) >= 11 is 1.44. The molecule has 3 aromatic rings. The van der Waals surface area contributed by atoms with Gasteiger partial charge in [-0.2, -0.15) is 0 Å². The highest BCUT2D eigenvalue weighted by molar-refractivity contribution is 7.98. The summed E-state index contributed by atoms with van der Waals surface area (Å²) < 4.78 is 21.4. The van der Waals surface area contributed by atoms with Crippen LogP contribution in [0.4, 0.5) is 0 Å². The molecular weight excluding hydrogens is 330 g/mol. The lowest BCUT2D eigenvalue weighted by atomic mass is 10.2. The molecular formula is C16H17N3O4S. The van der Waals surface area contributed by atoms with Crippen molar-refractivity contribution in [2.75, 3.05) is 14.2 Å². The van der Waals surface area contributed by atoms with Crippen LogP contribution in [0.1, 0.15) is 17.0 Å². The zero-order valence-electron chi connectivity index (χ0n) is 13.8. The van der Waals surface area contributed by atoms with E-state index in [4.69, 9.17) is 18.4 Å². The maximum Gasteiger partial charge on any atom is 0.277 e. The van der Waals surface area contributed by atoms with Gasteiger partial charge in [0, 0.05) is 16.9 Å². The van der Waals surface area contributed by atoms with Crippen molar-refractivity contribution in [2.24, 2.45) is 0 Å². The number of hydrogen-bond donors (Lipinski definition) is 0. The minimum atomic E-state index is 0.428. The number of methoxy groups -OCH3 is 2. The summed E-state index contributed by atoms with van der Waals surface area (Å²) in [6, 6.07) is 5.45. The summed E-state index contributed by atoms with van der Waals surface area (Å²) in [4.78, 5) is 0. The molecule has 0 saturated carbocycles. The molecule has 0 saturated heterocycles. The van der Waals surface area contributed by atoms with Crippen molar-refractivity contribution in [3.05, 3.63) is 35.2 Å². The lowest BCUT2D eigenvalue weighted by Gasteiger charge is -2.07. The van der Waals surface area contributed by atoms with Crippen LogP contribution >= 0.6 is 11.8 Å². The first-order valence-electron chi connectivity index (χ1n) is 7.22. The van der Waals surface area contributed by atoms with Crippen molar-refractivity contribution in [3.8, 4) is 23.0 Å². The summed E-state index contributed by atoms with van der Waals surface area (Å²) in [5.74, 6) is 3.15. The molecule has 0 aliphatic heterocycles. The Bertz CT molecular complexity index is 824. The zero-order valence-corrected chi connectivity index (χ0v) is 14.6. The van der Waals surface area contributed by atoms with Crippen LogP contribution in [0.25, 0.3) is 11.5 Å². The van der Waals surface area contributed by atoms with E-state index >= 15 is 0 Å². The molecule has 2 heterocycles. The zero-order chi connectivity index (χ0) is 17.1. The number of hydrogen-bond acceptors (Lipinski definition) is 8. The standard InChI is InChI=1S/C16H17N3O4S/c1-9-12(10(2)23-19-9)8-24-16-18-17-15(22-16)11-5-6-13(20-3)14(7-11)21-4/h5-7H,8H2,1-4H3. The highest BCUT2D eigenvalue weighted by atomic mass is 32.2. The Labute approximate surface area is 143 Å². The van der Waals surface area contributed by atoms with Crippen LogP contribution in [0, 0.1) is 13.8 Å². The van der Waals surface area contributed by atoms with Gasteiger partial charge in [0.2, 0.25) is 5.89 Å². The number of thioether (sulfide) groups is 1. The molecule has 1 aromatic carbocycles. The summed E-state index contributed by atoms with van der Waals surface area (Å²) in [5.41, 5.74) is 2.69. The smallest absolute Gasteiger partial charge is 0.277 e. The molecule has 0 atom stereocenters. The molecule has 8 heteroatoms. The third kappa shape index (κ3) is 3.23. The molecule has 2 aromatic heterocycles. The number of nitrogens with zero attached hydrogens (tertiary/aromatic N) is 3. The fraction of sp³-hybridized carbons (Fsp3) is 0.312. The number of benzene rings is 1. The van der Waals surface area contributed by atoms with Crippen molar-refractivity contribution < 1.29 is 18.4 Å². The van der Waals surface area contributed by atoms with Gasteiger partial charge in [0.1, 0.15) is 5.76 Å². The quantitative estimate of drug-likeness (QED) is 0.625. The van der Waals surface area contributed by atoms with Crippen molar-refractivity contribution in [1.82, 2.24) is 15.4 Å². The van der Waals surface area contributed by atoms with E-state index < -0.39 is 0 Å². The highest BCUT2D eigenvalue weighted by Crippen LogP contribution is 2.33. The Kier molecular flexibility index (Phi) is 4.75. The molecule has 24 heavy (non-hydrogen) atoms. The van der Waals surface area contributed by atoms with Crippen LogP contribution in [0.15, 0.2) is 32.4 Å². The third-order valence-electron chi connectivity index (χ3n) is 3.56. The Balaban J connectivity index is 1.76. The van der Waals surface area contributed by atoms with Crippen molar-refractivity contribution in [2.45, 2.75) is 24.8 Å². The number of aryl methyl sites for hydroxylation is 2. The van der Waals surface area contributed by atoms with Crippen LogP contribution in [0.5, 0.6) is 11.5 Å². The van der Waals surface area contributed by atoms with Crippen molar-refractivity contribution in [3.63, 3.8) is 0 Å². The molecule has 126 valence electrons. The second-order valence-corrected chi connectivity index (χ2v) is 5.96. The third-order valence-corrected chi connectivity index (χ3v) is 4.40.